The predicted molar refractivity (Wildman–Crippen MR) is 107 cm³/mol. The summed E-state index contributed by atoms with van der Waals surface area (Å²) >= 11 is 0. The lowest BCUT2D eigenvalue weighted by atomic mass is 9.99. The van der Waals surface area contributed by atoms with Gasteiger partial charge in [0.2, 0.25) is 0 Å². The molecule has 2 N–H and O–H groups in total. The van der Waals surface area contributed by atoms with Crippen LogP contribution in [0.4, 0.5) is 5.69 Å². The number of hydrogen-bond donors (Lipinski definition) is 2. The largest absolute Gasteiger partial charge is 0.333 e. The molecule has 0 radical (unpaired) electrons. The first-order valence-corrected chi connectivity index (χ1v) is 9.48. The Labute approximate surface area is 161 Å². The molecule has 0 saturated heterocycles. The smallest absolute Gasteiger partial charge is 0.280 e. The van der Waals surface area contributed by atoms with Crippen LogP contribution in [0.15, 0.2) is 48.5 Å². The molecule has 3 rings (SSSR count). The van der Waals surface area contributed by atoms with Gasteiger partial charge < -0.3 is 15.1 Å². The van der Waals surface area contributed by atoms with Gasteiger partial charge in [-0.3, -0.25) is 9.59 Å². The molecule has 1 aliphatic rings. The van der Waals surface area contributed by atoms with Crippen LogP contribution in [0.5, 0.6) is 0 Å². The molecule has 0 spiro atoms. The van der Waals surface area contributed by atoms with Crippen LogP contribution in [0.25, 0.3) is 0 Å². The van der Waals surface area contributed by atoms with Crippen LogP contribution in [-0.4, -0.2) is 42.9 Å². The fourth-order valence-electron chi connectivity index (χ4n) is 3.42. The van der Waals surface area contributed by atoms with Crippen LogP contribution in [-0.2, 0) is 22.6 Å². The number of anilines is 1. The zero-order valence-electron chi connectivity index (χ0n) is 16.3. The fraction of sp³-hybridized carbons (Fsp3) is 0.364. The normalized spacial score (nSPS) is 15.6. The molecule has 142 valence electrons. The molecule has 0 saturated carbocycles. The quantitative estimate of drug-likeness (QED) is 0.841. The fourth-order valence-corrected chi connectivity index (χ4v) is 3.42. The number of amides is 2. The first kappa shape index (κ1) is 19.1. The van der Waals surface area contributed by atoms with Crippen molar-refractivity contribution in [3.05, 3.63) is 65.2 Å². The molecule has 0 bridgehead atoms. The third kappa shape index (κ3) is 4.74. The molecule has 2 aromatic carbocycles. The number of carbonyl (C=O) groups excluding carboxylic acids is 2. The number of nitrogens with one attached hydrogen (secondary N) is 2. The van der Waals surface area contributed by atoms with Gasteiger partial charge in [0.05, 0.1) is 7.05 Å². The number of benzene rings is 2. The van der Waals surface area contributed by atoms with Gasteiger partial charge in [0.1, 0.15) is 0 Å². The van der Waals surface area contributed by atoms with Crippen LogP contribution in [0.3, 0.4) is 0 Å². The highest BCUT2D eigenvalue weighted by molar-refractivity contribution is 5.91. The third-order valence-electron chi connectivity index (χ3n) is 5.33. The van der Waals surface area contributed by atoms with E-state index in [1.54, 1.807) is 0 Å². The SMILES string of the molecule is Cc1ccc(NC(=O)C[NH+](C)[C@H](C)C(=O)N2CCc3ccccc3C2)cc1. The zero-order valence-corrected chi connectivity index (χ0v) is 16.3. The van der Waals surface area contributed by atoms with Crippen LogP contribution in [0.2, 0.25) is 0 Å². The minimum atomic E-state index is -0.265. The van der Waals surface area contributed by atoms with E-state index in [-0.39, 0.29) is 24.4 Å². The second-order valence-corrected chi connectivity index (χ2v) is 7.44. The van der Waals surface area contributed by atoms with Gasteiger partial charge in [-0.1, -0.05) is 42.0 Å². The first-order valence-electron chi connectivity index (χ1n) is 9.48. The number of fused-ring (bicyclic) bond motifs is 1. The Morgan fingerprint density at radius 3 is 2.48 bits per heavy atom. The van der Waals surface area contributed by atoms with E-state index < -0.39 is 0 Å². The number of hydrogen-bond acceptors (Lipinski definition) is 2. The van der Waals surface area contributed by atoms with Crippen molar-refractivity contribution in [2.75, 3.05) is 25.5 Å². The number of carbonyl (C=O) groups is 2. The Balaban J connectivity index is 1.55. The molecule has 2 atom stereocenters. The van der Waals surface area contributed by atoms with E-state index in [0.717, 1.165) is 29.1 Å². The summed E-state index contributed by atoms with van der Waals surface area (Å²) in [6.45, 7) is 5.56. The van der Waals surface area contributed by atoms with E-state index >= 15 is 0 Å². The lowest BCUT2D eigenvalue weighted by Gasteiger charge is -2.32. The molecule has 0 aromatic heterocycles. The minimum absolute atomic E-state index is 0.0833. The summed E-state index contributed by atoms with van der Waals surface area (Å²) in [6, 6.07) is 15.7. The van der Waals surface area contributed by atoms with Crippen LogP contribution in [0.1, 0.15) is 23.6 Å². The number of rotatable bonds is 5. The summed E-state index contributed by atoms with van der Waals surface area (Å²) in [5.41, 5.74) is 4.48. The van der Waals surface area contributed by atoms with E-state index in [4.69, 9.17) is 0 Å². The molecule has 0 aliphatic carbocycles. The number of quaternary nitrogens is 1. The van der Waals surface area contributed by atoms with E-state index in [0.29, 0.717) is 6.54 Å². The second-order valence-electron chi connectivity index (χ2n) is 7.44. The highest BCUT2D eigenvalue weighted by atomic mass is 16.2. The van der Waals surface area contributed by atoms with E-state index in [2.05, 4.69) is 17.4 Å². The Hall–Kier alpha value is -2.66. The Morgan fingerprint density at radius 2 is 1.78 bits per heavy atom. The molecule has 1 aliphatic heterocycles. The molecule has 1 unspecified atom stereocenters. The number of likely N-dealkylation sites (N-methyl/N-ethyl adjacent to an activating group) is 1. The van der Waals surface area contributed by atoms with E-state index in [1.165, 1.54) is 11.1 Å². The van der Waals surface area contributed by atoms with Gasteiger partial charge in [-0.05, 0) is 43.5 Å². The summed E-state index contributed by atoms with van der Waals surface area (Å²) < 4.78 is 0. The lowest BCUT2D eigenvalue weighted by Crippen LogP contribution is -3.15. The Bertz CT molecular complexity index is 817. The molecule has 2 amide bonds. The third-order valence-corrected chi connectivity index (χ3v) is 5.33. The maximum Gasteiger partial charge on any atom is 0.280 e. The topological polar surface area (TPSA) is 53.9 Å². The highest BCUT2D eigenvalue weighted by Crippen LogP contribution is 2.18. The Kier molecular flexibility index (Phi) is 5.91. The average Bonchev–Trinajstić information content (AvgIpc) is 2.68. The summed E-state index contributed by atoms with van der Waals surface area (Å²) in [4.78, 5) is 28.0. The lowest BCUT2D eigenvalue weighted by molar-refractivity contribution is -0.886. The van der Waals surface area contributed by atoms with Crippen molar-refractivity contribution >= 4 is 17.5 Å². The maximum absolute atomic E-state index is 12.9. The summed E-state index contributed by atoms with van der Waals surface area (Å²) in [5.74, 6) is 0.0186. The molecule has 27 heavy (non-hydrogen) atoms. The average molecular weight is 366 g/mol. The van der Waals surface area contributed by atoms with Gasteiger partial charge in [-0.2, -0.15) is 0 Å². The molecule has 5 heteroatoms. The van der Waals surface area contributed by atoms with E-state index in [9.17, 15) is 9.59 Å². The summed E-state index contributed by atoms with van der Waals surface area (Å²) in [5, 5.41) is 2.90. The second kappa shape index (κ2) is 8.35. The highest BCUT2D eigenvalue weighted by Gasteiger charge is 2.30. The van der Waals surface area contributed by atoms with Crippen molar-refractivity contribution in [2.24, 2.45) is 0 Å². The van der Waals surface area contributed by atoms with Crippen molar-refractivity contribution in [2.45, 2.75) is 32.9 Å². The number of aryl methyl sites for hydroxylation is 1. The van der Waals surface area contributed by atoms with Gasteiger partial charge in [0.15, 0.2) is 12.6 Å². The maximum atomic E-state index is 12.9. The molecular weight excluding hydrogens is 338 g/mol. The molecular formula is C22H28N3O2+. The standard InChI is InChI=1S/C22H27N3O2/c1-16-8-10-20(11-9-16)23-21(26)15-24(3)17(2)22(27)25-13-12-18-6-4-5-7-19(18)14-25/h4-11,17H,12-15H2,1-3H3,(H,23,26)/p+1/t17-/m1/s1. The van der Waals surface area contributed by atoms with Gasteiger partial charge in [-0.15, -0.1) is 0 Å². The van der Waals surface area contributed by atoms with Gasteiger partial charge in [0.25, 0.3) is 11.8 Å². The summed E-state index contributed by atoms with van der Waals surface area (Å²) in [7, 11) is 1.90. The zero-order chi connectivity index (χ0) is 19.4. The van der Waals surface area contributed by atoms with Crippen molar-refractivity contribution in [1.82, 2.24) is 4.90 Å². The molecule has 1 heterocycles. The van der Waals surface area contributed by atoms with E-state index in [1.807, 2.05) is 62.2 Å². The molecule has 0 fully saturated rings. The van der Waals surface area contributed by atoms with Crippen molar-refractivity contribution in [3.63, 3.8) is 0 Å². The van der Waals surface area contributed by atoms with Gasteiger partial charge >= 0.3 is 0 Å². The first-order chi connectivity index (χ1) is 12.9. The Morgan fingerprint density at radius 1 is 1.11 bits per heavy atom. The predicted octanol–water partition coefficient (Wildman–Crippen LogP) is 1.42. The van der Waals surface area contributed by atoms with Crippen LogP contribution >= 0.6 is 0 Å². The molecule has 2 aromatic rings. The van der Waals surface area contributed by atoms with Crippen molar-refractivity contribution in [1.29, 1.82) is 0 Å². The van der Waals surface area contributed by atoms with Crippen molar-refractivity contribution in [3.8, 4) is 0 Å². The van der Waals surface area contributed by atoms with Crippen LogP contribution in [0, 0.1) is 6.92 Å². The number of nitrogens with zero attached hydrogens (tertiary/aromatic N) is 1. The van der Waals surface area contributed by atoms with Gasteiger partial charge in [0, 0.05) is 18.8 Å². The summed E-state index contributed by atoms with van der Waals surface area (Å²) in [6.07, 6.45) is 0.890. The minimum Gasteiger partial charge on any atom is -0.333 e. The van der Waals surface area contributed by atoms with Crippen LogP contribution < -0.4 is 10.2 Å². The monoisotopic (exact) mass is 366 g/mol. The van der Waals surface area contributed by atoms with Gasteiger partial charge in [-0.25, -0.2) is 0 Å². The van der Waals surface area contributed by atoms with Crippen molar-refractivity contribution < 1.29 is 14.5 Å². The molecule has 5 nitrogen and oxygen atoms in total.